The Bertz CT molecular complexity index is 835. The van der Waals surface area contributed by atoms with E-state index in [-0.39, 0.29) is 11.3 Å². The van der Waals surface area contributed by atoms with Gasteiger partial charge in [-0.25, -0.2) is 0 Å². The van der Waals surface area contributed by atoms with Gasteiger partial charge in [0.2, 0.25) is 0 Å². The zero-order valence-corrected chi connectivity index (χ0v) is 13.8. The molecule has 9 nitrogen and oxygen atoms in total. The molecular weight excluding hydrogens is 373 g/mol. The van der Waals surface area contributed by atoms with Gasteiger partial charge in [0.15, 0.2) is 5.69 Å². The Morgan fingerprint density at radius 2 is 1.96 bits per heavy atom. The van der Waals surface area contributed by atoms with Gasteiger partial charge in [-0.1, -0.05) is 0 Å². The molecule has 146 valence electrons. The summed E-state index contributed by atoms with van der Waals surface area (Å²) in [6.45, 7) is -0.728. The van der Waals surface area contributed by atoms with Crippen molar-refractivity contribution in [3.63, 3.8) is 0 Å². The fourth-order valence-electron chi connectivity index (χ4n) is 2.31. The molecule has 0 radical (unpaired) electrons. The monoisotopic (exact) mass is 388 g/mol. The number of benzene rings is 1. The second-order valence-electron chi connectivity index (χ2n) is 5.59. The van der Waals surface area contributed by atoms with Crippen molar-refractivity contribution in [3.05, 3.63) is 57.4 Å². The number of amides is 1. The number of nitrogens with zero attached hydrogens (tertiary/aromatic N) is 3. The molecule has 0 spiro atoms. The molecule has 1 aromatic carbocycles. The molecule has 2 unspecified atom stereocenters. The number of aliphatic hydroxyl groups is 2. The van der Waals surface area contributed by atoms with Gasteiger partial charge in [0.25, 0.3) is 11.6 Å². The van der Waals surface area contributed by atoms with E-state index < -0.39 is 47.1 Å². The van der Waals surface area contributed by atoms with Crippen molar-refractivity contribution >= 4 is 11.6 Å². The first kappa shape index (κ1) is 20.3. The quantitative estimate of drug-likeness (QED) is 0.503. The van der Waals surface area contributed by atoms with Crippen LogP contribution < -0.4 is 5.32 Å². The molecule has 2 rings (SSSR count). The maximum atomic E-state index is 12.7. The van der Waals surface area contributed by atoms with E-state index in [1.165, 1.54) is 12.1 Å². The molecule has 2 atom stereocenters. The molecule has 0 bridgehead atoms. The Morgan fingerprint density at radius 1 is 1.37 bits per heavy atom. The number of non-ortho nitro benzene ring substituents is 1. The van der Waals surface area contributed by atoms with Gasteiger partial charge in [0.05, 0.1) is 17.6 Å². The highest BCUT2D eigenvalue weighted by Gasteiger charge is 2.36. The maximum Gasteiger partial charge on any atom is 0.435 e. The highest BCUT2D eigenvalue weighted by molar-refractivity contribution is 5.93. The third-order valence-electron chi connectivity index (χ3n) is 3.74. The lowest BCUT2D eigenvalue weighted by atomic mass is 10.0. The van der Waals surface area contributed by atoms with Crippen molar-refractivity contribution in [1.29, 1.82) is 0 Å². The third-order valence-corrected chi connectivity index (χ3v) is 3.74. The molecule has 2 aromatic rings. The summed E-state index contributed by atoms with van der Waals surface area (Å²) < 4.78 is 38.8. The second-order valence-corrected chi connectivity index (χ2v) is 5.59. The smallest absolute Gasteiger partial charge is 0.394 e. The van der Waals surface area contributed by atoms with Crippen molar-refractivity contribution in [2.24, 2.45) is 7.05 Å². The van der Waals surface area contributed by atoms with E-state index in [1.54, 1.807) is 0 Å². The molecule has 1 aromatic heterocycles. The van der Waals surface area contributed by atoms with Crippen molar-refractivity contribution in [1.82, 2.24) is 15.1 Å². The first-order valence-corrected chi connectivity index (χ1v) is 7.50. The first-order valence-electron chi connectivity index (χ1n) is 7.50. The summed E-state index contributed by atoms with van der Waals surface area (Å²) in [6.07, 6.45) is -6.18. The Hall–Kier alpha value is -2.99. The number of halogens is 3. The van der Waals surface area contributed by atoms with E-state index in [4.69, 9.17) is 0 Å². The highest BCUT2D eigenvalue weighted by Crippen LogP contribution is 2.28. The van der Waals surface area contributed by atoms with E-state index >= 15 is 0 Å². The Morgan fingerprint density at radius 3 is 2.41 bits per heavy atom. The zero-order chi connectivity index (χ0) is 20.4. The van der Waals surface area contributed by atoms with E-state index in [2.05, 4.69) is 10.4 Å². The van der Waals surface area contributed by atoms with Gasteiger partial charge in [0, 0.05) is 25.2 Å². The molecule has 1 amide bonds. The number of aliphatic hydroxyl groups excluding tert-OH is 2. The van der Waals surface area contributed by atoms with Gasteiger partial charge < -0.3 is 15.5 Å². The summed E-state index contributed by atoms with van der Waals surface area (Å²) in [4.78, 5) is 22.2. The minimum Gasteiger partial charge on any atom is -0.394 e. The molecule has 0 fully saturated rings. The molecule has 27 heavy (non-hydrogen) atoms. The zero-order valence-electron chi connectivity index (χ0n) is 13.8. The SMILES string of the molecule is Cn1nc(C(F)(F)F)cc1C(=O)NC(CO)C(O)c1ccc([N+](=O)[O-])cc1. The summed E-state index contributed by atoms with van der Waals surface area (Å²) in [5.74, 6) is -0.986. The van der Waals surface area contributed by atoms with Gasteiger partial charge >= 0.3 is 6.18 Å². The number of hydrogen-bond acceptors (Lipinski definition) is 6. The van der Waals surface area contributed by atoms with Gasteiger partial charge in [-0.15, -0.1) is 0 Å². The summed E-state index contributed by atoms with van der Waals surface area (Å²) >= 11 is 0. The lowest BCUT2D eigenvalue weighted by Gasteiger charge is -2.22. The fourth-order valence-corrected chi connectivity index (χ4v) is 2.31. The standard InChI is InChI=1S/C15H15F3N4O5/c1-21-11(6-12(20-21)15(16,17)18)14(25)19-10(7-23)13(24)8-2-4-9(5-3-8)22(26)27/h2-6,10,13,23-24H,7H2,1H3,(H,19,25). The normalized spacial score (nSPS) is 13.9. The summed E-state index contributed by atoms with van der Waals surface area (Å²) in [6, 6.07) is 4.02. The molecular formula is C15H15F3N4O5. The van der Waals surface area contributed by atoms with Crippen molar-refractivity contribution in [3.8, 4) is 0 Å². The molecule has 0 aliphatic carbocycles. The van der Waals surface area contributed by atoms with Crippen LogP contribution in [0.3, 0.4) is 0 Å². The number of carbonyl (C=O) groups is 1. The average molecular weight is 388 g/mol. The maximum absolute atomic E-state index is 12.7. The van der Waals surface area contributed by atoms with Gasteiger partial charge in [-0.3, -0.25) is 19.6 Å². The van der Waals surface area contributed by atoms with E-state index in [0.29, 0.717) is 6.07 Å². The van der Waals surface area contributed by atoms with Crippen LogP contribution in [0, 0.1) is 10.1 Å². The number of carbonyl (C=O) groups excluding carboxylic acids is 1. The number of nitro groups is 1. The topological polar surface area (TPSA) is 131 Å². The van der Waals surface area contributed by atoms with Crippen LogP contribution in [0.25, 0.3) is 0 Å². The molecule has 3 N–H and O–H groups in total. The van der Waals surface area contributed by atoms with Crippen molar-refractivity contribution in [2.45, 2.75) is 18.3 Å². The predicted octanol–water partition coefficient (Wildman–Crippen LogP) is 1.17. The lowest BCUT2D eigenvalue weighted by Crippen LogP contribution is -2.42. The molecule has 0 aliphatic heterocycles. The predicted molar refractivity (Wildman–Crippen MR) is 84.6 cm³/mol. The van der Waals surface area contributed by atoms with Crippen LogP contribution >= 0.6 is 0 Å². The van der Waals surface area contributed by atoms with Crippen LogP contribution in [-0.2, 0) is 13.2 Å². The number of aromatic nitrogens is 2. The minimum atomic E-state index is -4.73. The molecule has 0 saturated carbocycles. The number of alkyl halides is 3. The number of nitro benzene ring substituents is 1. The van der Waals surface area contributed by atoms with Crippen LogP contribution in [0.2, 0.25) is 0 Å². The van der Waals surface area contributed by atoms with E-state index in [0.717, 1.165) is 23.9 Å². The van der Waals surface area contributed by atoms with Crippen LogP contribution in [-0.4, -0.2) is 43.5 Å². The first-order chi connectivity index (χ1) is 12.5. The number of rotatable bonds is 6. The minimum absolute atomic E-state index is 0.168. The van der Waals surface area contributed by atoms with Gasteiger partial charge in [0.1, 0.15) is 11.8 Å². The van der Waals surface area contributed by atoms with Crippen molar-refractivity contribution in [2.75, 3.05) is 6.61 Å². The highest BCUT2D eigenvalue weighted by atomic mass is 19.4. The summed E-state index contributed by atoms with van der Waals surface area (Å²) in [5, 5.41) is 35.7. The van der Waals surface area contributed by atoms with Crippen LogP contribution in [0.5, 0.6) is 0 Å². The van der Waals surface area contributed by atoms with Crippen LogP contribution in [0.1, 0.15) is 27.8 Å². The fraction of sp³-hybridized carbons (Fsp3) is 0.333. The lowest BCUT2D eigenvalue weighted by molar-refractivity contribution is -0.384. The Balaban J connectivity index is 2.17. The third kappa shape index (κ3) is 4.60. The molecule has 0 saturated heterocycles. The number of hydrogen-bond donors (Lipinski definition) is 3. The van der Waals surface area contributed by atoms with Crippen molar-refractivity contribution < 1.29 is 33.1 Å². The van der Waals surface area contributed by atoms with Gasteiger partial charge in [-0.2, -0.15) is 18.3 Å². The van der Waals surface area contributed by atoms with Crippen LogP contribution in [0.15, 0.2) is 30.3 Å². The molecule has 0 aliphatic rings. The number of aryl methyl sites for hydroxylation is 1. The largest absolute Gasteiger partial charge is 0.435 e. The Labute approximate surface area is 150 Å². The van der Waals surface area contributed by atoms with Crippen LogP contribution in [0.4, 0.5) is 18.9 Å². The summed E-state index contributed by atoms with van der Waals surface area (Å²) in [7, 11) is 1.14. The van der Waals surface area contributed by atoms with Gasteiger partial charge in [-0.05, 0) is 17.7 Å². The number of nitrogens with one attached hydrogen (secondary N) is 1. The molecule has 12 heteroatoms. The second kappa shape index (κ2) is 7.72. The molecule has 1 heterocycles. The van der Waals surface area contributed by atoms with E-state index in [9.17, 15) is 38.3 Å². The Kier molecular flexibility index (Phi) is 5.81. The van der Waals surface area contributed by atoms with E-state index in [1.807, 2.05) is 0 Å². The summed E-state index contributed by atoms with van der Waals surface area (Å²) in [5.41, 5.74) is -1.73. The average Bonchev–Trinajstić information content (AvgIpc) is 3.01.